The van der Waals surface area contributed by atoms with Crippen LogP contribution in [-0.4, -0.2) is 35.2 Å². The second kappa shape index (κ2) is 5.97. The number of thiophene rings is 1. The van der Waals surface area contributed by atoms with Gasteiger partial charge in [0, 0.05) is 5.56 Å². The second-order valence-corrected chi connectivity index (χ2v) is 6.35. The Labute approximate surface area is 123 Å². The van der Waals surface area contributed by atoms with Crippen molar-refractivity contribution >= 4 is 17.2 Å². The molecule has 1 aliphatic carbocycles. The van der Waals surface area contributed by atoms with Crippen molar-refractivity contribution in [3.63, 3.8) is 0 Å². The van der Waals surface area contributed by atoms with Gasteiger partial charge < -0.3 is 14.7 Å². The van der Waals surface area contributed by atoms with Crippen LogP contribution < -0.4 is 4.74 Å². The van der Waals surface area contributed by atoms with Crippen LogP contribution in [0.2, 0.25) is 0 Å². The van der Waals surface area contributed by atoms with Crippen LogP contribution in [0, 0.1) is 5.92 Å². The van der Waals surface area contributed by atoms with Gasteiger partial charge in [-0.1, -0.05) is 6.58 Å². The molecule has 20 heavy (non-hydrogen) atoms. The van der Waals surface area contributed by atoms with E-state index < -0.39 is 5.60 Å². The maximum atomic E-state index is 12.0. The Hall–Kier alpha value is -1.33. The fourth-order valence-electron chi connectivity index (χ4n) is 2.39. The molecule has 1 saturated carbocycles. The maximum Gasteiger partial charge on any atom is 0.246 e. The molecule has 1 atom stereocenters. The molecule has 1 fully saturated rings. The number of carbonyl (C=O) groups excluding carboxylic acids is 1. The number of carbonyl (C=O) groups is 1. The summed E-state index contributed by atoms with van der Waals surface area (Å²) in [6, 6.07) is 1.94. The SMILES string of the molecule is C=CC(=O)N(Cc1ccsc1OC)CC(C)(O)C1CC1. The highest BCUT2D eigenvalue weighted by Gasteiger charge is 2.41. The number of hydrogen-bond donors (Lipinski definition) is 1. The van der Waals surface area contributed by atoms with Gasteiger partial charge in [-0.15, -0.1) is 11.3 Å². The van der Waals surface area contributed by atoms with Crippen molar-refractivity contribution in [1.29, 1.82) is 0 Å². The summed E-state index contributed by atoms with van der Waals surface area (Å²) in [5, 5.41) is 13.2. The van der Waals surface area contributed by atoms with Crippen molar-refractivity contribution in [2.75, 3.05) is 13.7 Å². The smallest absolute Gasteiger partial charge is 0.246 e. The number of hydrogen-bond acceptors (Lipinski definition) is 4. The van der Waals surface area contributed by atoms with Gasteiger partial charge >= 0.3 is 0 Å². The minimum Gasteiger partial charge on any atom is -0.487 e. The summed E-state index contributed by atoms with van der Waals surface area (Å²) in [7, 11) is 1.62. The van der Waals surface area contributed by atoms with Crippen molar-refractivity contribution in [3.05, 3.63) is 29.7 Å². The summed E-state index contributed by atoms with van der Waals surface area (Å²) in [6.45, 7) is 6.10. The molecule has 4 nitrogen and oxygen atoms in total. The first-order valence-electron chi connectivity index (χ1n) is 6.72. The molecule has 0 aromatic carbocycles. The lowest BCUT2D eigenvalue weighted by molar-refractivity contribution is -0.130. The molecule has 1 unspecified atom stereocenters. The van der Waals surface area contributed by atoms with Crippen LogP contribution in [0.3, 0.4) is 0 Å². The summed E-state index contributed by atoms with van der Waals surface area (Å²) < 4.78 is 5.28. The third kappa shape index (κ3) is 3.41. The molecule has 1 aliphatic rings. The van der Waals surface area contributed by atoms with Gasteiger partial charge in [-0.2, -0.15) is 0 Å². The van der Waals surface area contributed by atoms with Crippen LogP contribution in [-0.2, 0) is 11.3 Å². The Bertz CT molecular complexity index is 491. The van der Waals surface area contributed by atoms with Crippen molar-refractivity contribution in [1.82, 2.24) is 4.90 Å². The topological polar surface area (TPSA) is 49.8 Å². The van der Waals surface area contributed by atoms with Gasteiger partial charge in [0.15, 0.2) is 5.06 Å². The molecule has 0 spiro atoms. The molecule has 0 radical (unpaired) electrons. The Balaban J connectivity index is 2.11. The van der Waals surface area contributed by atoms with Gasteiger partial charge in [-0.05, 0) is 43.2 Å². The van der Waals surface area contributed by atoms with E-state index in [0.29, 0.717) is 19.0 Å². The van der Waals surface area contributed by atoms with Crippen LogP contribution >= 0.6 is 11.3 Å². The average molecular weight is 295 g/mol. The van der Waals surface area contributed by atoms with Crippen molar-refractivity contribution in [2.45, 2.75) is 31.9 Å². The number of nitrogens with zero attached hydrogens (tertiary/aromatic N) is 1. The normalized spacial score (nSPS) is 17.4. The zero-order chi connectivity index (χ0) is 14.8. The fraction of sp³-hybridized carbons (Fsp3) is 0.533. The minimum atomic E-state index is -0.831. The Morgan fingerprint density at radius 3 is 2.95 bits per heavy atom. The second-order valence-electron chi connectivity index (χ2n) is 5.47. The third-order valence-electron chi connectivity index (χ3n) is 3.71. The van der Waals surface area contributed by atoms with Crippen LogP contribution in [0.1, 0.15) is 25.3 Å². The molecule has 1 N–H and O–H groups in total. The first-order valence-corrected chi connectivity index (χ1v) is 7.60. The van der Waals surface area contributed by atoms with Gasteiger partial charge in [-0.3, -0.25) is 4.79 Å². The molecule has 5 heteroatoms. The number of rotatable bonds is 7. The quantitative estimate of drug-likeness (QED) is 0.786. The molecule has 1 amide bonds. The summed E-state index contributed by atoms with van der Waals surface area (Å²) >= 11 is 1.50. The minimum absolute atomic E-state index is 0.167. The highest BCUT2D eigenvalue weighted by Crippen LogP contribution is 2.40. The largest absolute Gasteiger partial charge is 0.487 e. The number of ether oxygens (including phenoxy) is 1. The number of aliphatic hydroxyl groups is 1. The summed E-state index contributed by atoms with van der Waals surface area (Å²) in [6.07, 6.45) is 3.36. The summed E-state index contributed by atoms with van der Waals surface area (Å²) in [4.78, 5) is 13.7. The number of methoxy groups -OCH3 is 1. The Kier molecular flexibility index (Phi) is 4.50. The monoisotopic (exact) mass is 295 g/mol. The average Bonchev–Trinajstić information content (AvgIpc) is 3.19. The molecule has 0 bridgehead atoms. The summed E-state index contributed by atoms with van der Waals surface area (Å²) in [5.74, 6) is 0.131. The lowest BCUT2D eigenvalue weighted by Gasteiger charge is -2.31. The third-order valence-corrected chi connectivity index (χ3v) is 4.62. The zero-order valence-corrected chi connectivity index (χ0v) is 12.8. The first kappa shape index (κ1) is 15.1. The van der Waals surface area contributed by atoms with E-state index in [9.17, 15) is 9.90 Å². The van der Waals surface area contributed by atoms with Gasteiger partial charge in [-0.25, -0.2) is 0 Å². The van der Waals surface area contributed by atoms with E-state index in [-0.39, 0.29) is 5.91 Å². The highest BCUT2D eigenvalue weighted by molar-refractivity contribution is 7.12. The van der Waals surface area contributed by atoms with E-state index in [1.165, 1.54) is 17.4 Å². The van der Waals surface area contributed by atoms with E-state index in [1.54, 1.807) is 18.9 Å². The predicted octanol–water partition coefficient (Wildman–Crippen LogP) is 2.43. The summed E-state index contributed by atoms with van der Waals surface area (Å²) in [5.41, 5.74) is 0.126. The molecular formula is C15H21NO3S. The maximum absolute atomic E-state index is 12.0. The Morgan fingerprint density at radius 2 is 2.40 bits per heavy atom. The fourth-order valence-corrected chi connectivity index (χ4v) is 3.12. The molecule has 1 heterocycles. The molecule has 2 rings (SSSR count). The van der Waals surface area contributed by atoms with Gasteiger partial charge in [0.05, 0.1) is 25.8 Å². The lowest BCUT2D eigenvalue weighted by atomic mass is 9.99. The van der Waals surface area contributed by atoms with Crippen LogP contribution in [0.4, 0.5) is 0 Å². The first-order chi connectivity index (χ1) is 9.47. The molecular weight excluding hydrogens is 274 g/mol. The molecule has 1 aromatic rings. The van der Waals surface area contributed by atoms with Crippen molar-refractivity contribution in [2.24, 2.45) is 5.92 Å². The van der Waals surface area contributed by atoms with Gasteiger partial charge in [0.2, 0.25) is 5.91 Å². The Morgan fingerprint density at radius 1 is 1.70 bits per heavy atom. The zero-order valence-electron chi connectivity index (χ0n) is 12.0. The van der Waals surface area contributed by atoms with Crippen molar-refractivity contribution < 1.29 is 14.6 Å². The van der Waals surface area contributed by atoms with E-state index >= 15 is 0 Å². The molecule has 0 saturated heterocycles. The van der Waals surface area contributed by atoms with Crippen LogP contribution in [0.25, 0.3) is 0 Å². The molecule has 110 valence electrons. The standard InChI is InChI=1S/C15H21NO3S/c1-4-13(17)16(10-15(2,18)12-5-6-12)9-11-7-8-20-14(11)19-3/h4,7-8,12,18H,1,5-6,9-10H2,2-3H3. The van der Waals surface area contributed by atoms with Gasteiger partial charge in [0.25, 0.3) is 0 Å². The molecule has 1 aromatic heterocycles. The van der Waals surface area contributed by atoms with Gasteiger partial charge in [0.1, 0.15) is 0 Å². The van der Waals surface area contributed by atoms with E-state index in [1.807, 2.05) is 11.4 Å². The predicted molar refractivity (Wildman–Crippen MR) is 79.8 cm³/mol. The molecule has 0 aliphatic heterocycles. The van der Waals surface area contributed by atoms with E-state index in [2.05, 4.69) is 6.58 Å². The van der Waals surface area contributed by atoms with E-state index in [4.69, 9.17) is 4.74 Å². The van der Waals surface area contributed by atoms with E-state index in [0.717, 1.165) is 23.5 Å². The van der Waals surface area contributed by atoms with Crippen LogP contribution in [0.5, 0.6) is 5.06 Å². The lowest BCUT2D eigenvalue weighted by Crippen LogP contribution is -2.44. The highest BCUT2D eigenvalue weighted by atomic mass is 32.1. The van der Waals surface area contributed by atoms with Crippen molar-refractivity contribution in [3.8, 4) is 5.06 Å². The number of amides is 1. The van der Waals surface area contributed by atoms with Crippen LogP contribution in [0.15, 0.2) is 24.1 Å².